The fourth-order valence-corrected chi connectivity index (χ4v) is 6.22. The van der Waals surface area contributed by atoms with Gasteiger partial charge in [0.2, 0.25) is 15.9 Å². The molecule has 1 amide bonds. The number of anilines is 1. The van der Waals surface area contributed by atoms with E-state index in [1.54, 1.807) is 13.8 Å². The molecule has 0 aliphatic carbocycles. The first kappa shape index (κ1) is 22.6. The number of hydrogen-bond donors (Lipinski definition) is 0. The minimum Gasteiger partial charge on any atom is -0.406 e. The number of carbonyl (C=O) groups excluding carboxylic acids is 1. The molecule has 0 atom stereocenters. The van der Waals surface area contributed by atoms with E-state index in [4.69, 9.17) is 4.52 Å². The Kier molecular flexibility index (Phi) is 5.48. The Morgan fingerprint density at radius 1 is 1.06 bits per heavy atom. The third-order valence-corrected chi connectivity index (χ3v) is 8.28. The zero-order chi connectivity index (χ0) is 23.3. The number of aromatic nitrogens is 1. The molecule has 2 fully saturated rings. The lowest BCUT2D eigenvalue weighted by Crippen LogP contribution is -2.46. The molecule has 0 radical (unpaired) electrons. The molecule has 1 spiro atoms. The molecule has 0 saturated carbocycles. The first-order chi connectivity index (χ1) is 14.9. The number of sulfonamides is 1. The molecule has 1 aromatic heterocycles. The van der Waals surface area contributed by atoms with E-state index in [2.05, 4.69) is 9.89 Å². The van der Waals surface area contributed by atoms with Crippen LogP contribution in [0.15, 0.2) is 33.7 Å². The molecule has 8 nitrogen and oxygen atoms in total. The molecule has 174 valence electrons. The summed E-state index contributed by atoms with van der Waals surface area (Å²) >= 11 is 0. The molecule has 0 bridgehead atoms. The van der Waals surface area contributed by atoms with Gasteiger partial charge in [-0.15, -0.1) is 13.2 Å². The Morgan fingerprint density at radius 2 is 1.66 bits per heavy atom. The van der Waals surface area contributed by atoms with E-state index >= 15 is 0 Å². The highest BCUT2D eigenvalue weighted by atomic mass is 32.2. The fourth-order valence-electron chi connectivity index (χ4n) is 4.49. The van der Waals surface area contributed by atoms with Crippen LogP contribution in [-0.4, -0.2) is 49.8 Å². The standard InChI is InChI=1S/C20H22F3N3O5S/c1-13-17(14(2)31-24-13)32(28,29)25-10-7-19(8-11-25)9-12-26(18(19)27)15-3-5-16(6-4-15)30-20(21,22)23/h3-6H,7-12H2,1-2H3. The van der Waals surface area contributed by atoms with Gasteiger partial charge in [-0.1, -0.05) is 5.16 Å². The number of carbonyl (C=O) groups is 1. The lowest BCUT2D eigenvalue weighted by Gasteiger charge is -2.37. The van der Waals surface area contributed by atoms with Crippen molar-refractivity contribution in [2.75, 3.05) is 24.5 Å². The van der Waals surface area contributed by atoms with Crippen molar-refractivity contribution in [1.82, 2.24) is 9.46 Å². The Hall–Kier alpha value is -2.60. The smallest absolute Gasteiger partial charge is 0.406 e. The molecular formula is C20H22F3N3O5S. The van der Waals surface area contributed by atoms with Gasteiger partial charge in [-0.25, -0.2) is 8.42 Å². The number of halogens is 3. The summed E-state index contributed by atoms with van der Waals surface area (Å²) in [6.45, 7) is 3.89. The maximum absolute atomic E-state index is 13.2. The van der Waals surface area contributed by atoms with Gasteiger partial charge in [0.25, 0.3) is 0 Å². The van der Waals surface area contributed by atoms with Gasteiger partial charge in [-0.2, -0.15) is 4.31 Å². The van der Waals surface area contributed by atoms with Crippen molar-refractivity contribution in [3.63, 3.8) is 0 Å². The summed E-state index contributed by atoms with van der Waals surface area (Å²) in [6, 6.07) is 5.16. The first-order valence-corrected chi connectivity index (χ1v) is 11.5. The number of aryl methyl sites for hydroxylation is 2. The molecular weight excluding hydrogens is 451 g/mol. The number of alkyl halides is 3. The largest absolute Gasteiger partial charge is 0.573 e. The van der Waals surface area contributed by atoms with Gasteiger partial charge < -0.3 is 14.2 Å². The quantitative estimate of drug-likeness (QED) is 0.676. The highest BCUT2D eigenvalue weighted by Crippen LogP contribution is 2.44. The number of nitrogens with zero attached hydrogens (tertiary/aromatic N) is 3. The Bertz CT molecular complexity index is 1100. The van der Waals surface area contributed by atoms with E-state index in [1.807, 2.05) is 0 Å². The molecule has 4 rings (SSSR count). The Balaban J connectivity index is 1.46. The third-order valence-electron chi connectivity index (χ3n) is 6.14. The molecule has 2 aliphatic heterocycles. The number of piperidine rings is 1. The number of amides is 1. The summed E-state index contributed by atoms with van der Waals surface area (Å²) in [5.74, 6) is -0.277. The van der Waals surface area contributed by atoms with Crippen LogP contribution >= 0.6 is 0 Å². The highest BCUT2D eigenvalue weighted by Gasteiger charge is 2.50. The summed E-state index contributed by atoms with van der Waals surface area (Å²) in [4.78, 5) is 14.8. The Labute approximate surface area is 183 Å². The summed E-state index contributed by atoms with van der Waals surface area (Å²) in [5.41, 5.74) is 0.0855. The van der Waals surface area contributed by atoms with Crippen molar-refractivity contribution >= 4 is 21.6 Å². The number of rotatable bonds is 4. The molecule has 12 heteroatoms. The fraction of sp³-hybridized carbons (Fsp3) is 0.500. The van der Waals surface area contributed by atoms with Crippen molar-refractivity contribution in [3.05, 3.63) is 35.7 Å². The van der Waals surface area contributed by atoms with Gasteiger partial charge in [0.05, 0.1) is 5.41 Å². The summed E-state index contributed by atoms with van der Waals surface area (Å²) in [5, 5.41) is 3.72. The van der Waals surface area contributed by atoms with E-state index in [1.165, 1.54) is 33.5 Å². The molecule has 2 aliphatic rings. The van der Waals surface area contributed by atoms with Crippen LogP contribution in [0.1, 0.15) is 30.7 Å². The minimum absolute atomic E-state index is 0.0639. The lowest BCUT2D eigenvalue weighted by atomic mass is 9.77. The zero-order valence-corrected chi connectivity index (χ0v) is 18.3. The normalized spacial score (nSPS) is 19.7. The lowest BCUT2D eigenvalue weighted by molar-refractivity contribution is -0.274. The summed E-state index contributed by atoms with van der Waals surface area (Å²) in [6.07, 6.45) is -3.51. The van der Waals surface area contributed by atoms with Crippen molar-refractivity contribution in [1.29, 1.82) is 0 Å². The zero-order valence-electron chi connectivity index (χ0n) is 17.5. The van der Waals surface area contributed by atoms with E-state index in [9.17, 15) is 26.4 Å². The topological polar surface area (TPSA) is 93.0 Å². The molecule has 0 N–H and O–H groups in total. The molecule has 2 aromatic rings. The van der Waals surface area contributed by atoms with Crippen LogP contribution < -0.4 is 9.64 Å². The predicted molar refractivity (Wildman–Crippen MR) is 106 cm³/mol. The number of ether oxygens (including phenoxy) is 1. The second-order valence-electron chi connectivity index (χ2n) is 8.09. The van der Waals surface area contributed by atoms with Gasteiger partial charge >= 0.3 is 6.36 Å². The summed E-state index contributed by atoms with van der Waals surface area (Å²) < 4.78 is 73.3. The molecule has 2 saturated heterocycles. The maximum atomic E-state index is 13.2. The van der Waals surface area contributed by atoms with Gasteiger partial charge in [0.1, 0.15) is 16.3 Å². The minimum atomic E-state index is -4.78. The first-order valence-electron chi connectivity index (χ1n) is 10.0. The van der Waals surface area contributed by atoms with Crippen molar-refractivity contribution in [2.45, 2.75) is 44.4 Å². The van der Waals surface area contributed by atoms with Crippen molar-refractivity contribution in [3.8, 4) is 5.75 Å². The van der Waals surface area contributed by atoms with Gasteiger partial charge in [0, 0.05) is 25.3 Å². The average molecular weight is 473 g/mol. The van der Waals surface area contributed by atoms with Crippen LogP contribution in [0.25, 0.3) is 0 Å². The summed E-state index contributed by atoms with van der Waals surface area (Å²) in [7, 11) is -3.78. The molecule has 32 heavy (non-hydrogen) atoms. The van der Waals surface area contributed by atoms with Crippen molar-refractivity contribution < 1.29 is 35.6 Å². The Morgan fingerprint density at radius 3 is 2.19 bits per heavy atom. The monoisotopic (exact) mass is 473 g/mol. The second-order valence-corrected chi connectivity index (χ2v) is 9.96. The van der Waals surface area contributed by atoms with Crippen LogP contribution in [0.2, 0.25) is 0 Å². The van der Waals surface area contributed by atoms with E-state index in [0.717, 1.165) is 0 Å². The van der Waals surface area contributed by atoms with Crippen LogP contribution in [0, 0.1) is 19.3 Å². The van der Waals surface area contributed by atoms with E-state index in [-0.39, 0.29) is 35.4 Å². The maximum Gasteiger partial charge on any atom is 0.573 e. The third kappa shape index (κ3) is 3.96. The SMILES string of the molecule is Cc1noc(C)c1S(=O)(=O)N1CCC2(CCN(c3ccc(OC(F)(F)F)cc3)C2=O)CC1. The molecule has 3 heterocycles. The highest BCUT2D eigenvalue weighted by molar-refractivity contribution is 7.89. The number of hydrogen-bond acceptors (Lipinski definition) is 6. The van der Waals surface area contributed by atoms with Gasteiger partial charge in [-0.05, 0) is 57.4 Å². The van der Waals surface area contributed by atoms with E-state index in [0.29, 0.717) is 37.2 Å². The van der Waals surface area contributed by atoms with Gasteiger partial charge in [0.15, 0.2) is 5.76 Å². The van der Waals surface area contributed by atoms with Crippen LogP contribution in [0.5, 0.6) is 5.75 Å². The predicted octanol–water partition coefficient (Wildman–Crippen LogP) is 3.40. The average Bonchev–Trinajstić information content (AvgIpc) is 3.22. The van der Waals surface area contributed by atoms with Crippen LogP contribution in [0.4, 0.5) is 18.9 Å². The van der Waals surface area contributed by atoms with Crippen LogP contribution in [0.3, 0.4) is 0 Å². The van der Waals surface area contributed by atoms with E-state index < -0.39 is 21.8 Å². The van der Waals surface area contributed by atoms with Crippen molar-refractivity contribution in [2.24, 2.45) is 5.41 Å². The van der Waals surface area contributed by atoms with Crippen LogP contribution in [-0.2, 0) is 14.8 Å². The second kappa shape index (κ2) is 7.77. The van der Waals surface area contributed by atoms with Gasteiger partial charge in [-0.3, -0.25) is 4.79 Å². The molecule has 1 aromatic carbocycles. The molecule has 0 unspecified atom stereocenters. The number of benzene rings is 1.